The van der Waals surface area contributed by atoms with Gasteiger partial charge in [0.1, 0.15) is 5.76 Å². The molecule has 0 amide bonds. The Balaban J connectivity index is 3.11. The summed E-state index contributed by atoms with van der Waals surface area (Å²) < 4.78 is 4.79. The minimum atomic E-state index is -0.470. The number of benzene rings is 1. The molecule has 0 aliphatic heterocycles. The van der Waals surface area contributed by atoms with Crippen molar-refractivity contribution < 1.29 is 9.53 Å². The van der Waals surface area contributed by atoms with E-state index in [4.69, 9.17) is 39.5 Å². The Labute approximate surface area is 102 Å². The predicted octanol–water partition coefficient (Wildman–Crippen LogP) is 4.18. The molecule has 15 heavy (non-hydrogen) atoms. The molecule has 0 saturated heterocycles. The largest absolute Gasteiger partial charge is 0.427 e. The van der Waals surface area contributed by atoms with Crippen molar-refractivity contribution in [3.8, 4) is 0 Å². The first kappa shape index (κ1) is 12.4. The van der Waals surface area contributed by atoms with Gasteiger partial charge in [0.15, 0.2) is 0 Å². The highest BCUT2D eigenvalue weighted by Crippen LogP contribution is 2.35. The van der Waals surface area contributed by atoms with Crippen LogP contribution in [-0.4, -0.2) is 5.97 Å². The summed E-state index contributed by atoms with van der Waals surface area (Å²) in [6, 6.07) is 3.14. The summed E-state index contributed by atoms with van der Waals surface area (Å²) in [5, 5.41) is 0.764. The lowest BCUT2D eigenvalue weighted by molar-refractivity contribution is -0.134. The normalized spacial score (nSPS) is 9.87. The summed E-state index contributed by atoms with van der Waals surface area (Å²) in [5.41, 5.74) is 0.446. The Morgan fingerprint density at radius 2 is 1.87 bits per heavy atom. The summed E-state index contributed by atoms with van der Waals surface area (Å²) in [5.74, 6) is -0.326. The molecule has 1 rings (SSSR count). The van der Waals surface area contributed by atoms with E-state index in [1.54, 1.807) is 12.1 Å². The Morgan fingerprint density at radius 3 is 2.40 bits per heavy atom. The maximum absolute atomic E-state index is 10.7. The molecule has 0 aliphatic carbocycles. The molecule has 0 spiro atoms. The van der Waals surface area contributed by atoms with Gasteiger partial charge in [0.25, 0.3) is 0 Å². The number of rotatable bonds is 2. The Bertz CT molecular complexity index is 427. The summed E-state index contributed by atoms with van der Waals surface area (Å²) in [6.07, 6.45) is 0. The summed E-state index contributed by atoms with van der Waals surface area (Å²) >= 11 is 17.5. The van der Waals surface area contributed by atoms with Crippen LogP contribution in [0.5, 0.6) is 0 Å². The van der Waals surface area contributed by atoms with Gasteiger partial charge in [0.2, 0.25) is 0 Å². The number of hydrogen-bond acceptors (Lipinski definition) is 2. The van der Waals surface area contributed by atoms with E-state index < -0.39 is 5.97 Å². The van der Waals surface area contributed by atoms with Gasteiger partial charge >= 0.3 is 5.97 Å². The van der Waals surface area contributed by atoms with E-state index in [1.165, 1.54) is 6.92 Å². The van der Waals surface area contributed by atoms with E-state index >= 15 is 0 Å². The molecule has 80 valence electrons. The van der Waals surface area contributed by atoms with E-state index in [1.807, 2.05) is 0 Å². The third-order valence-electron chi connectivity index (χ3n) is 1.60. The van der Waals surface area contributed by atoms with Crippen molar-refractivity contribution in [1.29, 1.82) is 0 Å². The number of hydrogen-bond donors (Lipinski definition) is 0. The SMILES string of the molecule is C=C(OC(C)=O)c1ccc(Cl)c(Cl)c1Cl. The zero-order valence-electron chi connectivity index (χ0n) is 7.81. The summed E-state index contributed by atoms with van der Waals surface area (Å²) in [4.78, 5) is 10.7. The number of ether oxygens (including phenoxy) is 1. The van der Waals surface area contributed by atoms with E-state index in [-0.39, 0.29) is 15.8 Å². The van der Waals surface area contributed by atoms with Crippen LogP contribution in [0.3, 0.4) is 0 Å². The Morgan fingerprint density at radius 1 is 1.27 bits per heavy atom. The third-order valence-corrected chi connectivity index (χ3v) is 2.90. The first-order valence-electron chi connectivity index (χ1n) is 3.94. The van der Waals surface area contributed by atoms with Crippen molar-refractivity contribution in [2.24, 2.45) is 0 Å². The minimum absolute atomic E-state index is 0.145. The van der Waals surface area contributed by atoms with E-state index in [0.717, 1.165) is 0 Å². The Hall–Kier alpha value is -0.700. The molecule has 0 fully saturated rings. The molecule has 1 aromatic carbocycles. The second kappa shape index (κ2) is 4.88. The van der Waals surface area contributed by atoms with Crippen LogP contribution >= 0.6 is 34.8 Å². The first-order chi connectivity index (χ1) is 6.93. The lowest BCUT2D eigenvalue weighted by Crippen LogP contribution is -1.98. The van der Waals surface area contributed by atoms with Crippen molar-refractivity contribution >= 4 is 46.5 Å². The zero-order valence-corrected chi connectivity index (χ0v) is 10.1. The van der Waals surface area contributed by atoms with Crippen molar-refractivity contribution in [3.63, 3.8) is 0 Å². The molecule has 0 aromatic heterocycles. The highest BCUT2D eigenvalue weighted by atomic mass is 35.5. The van der Waals surface area contributed by atoms with Gasteiger partial charge in [-0.15, -0.1) is 0 Å². The van der Waals surface area contributed by atoms with Crippen LogP contribution in [-0.2, 0) is 9.53 Å². The highest BCUT2D eigenvalue weighted by molar-refractivity contribution is 6.48. The van der Waals surface area contributed by atoms with Crippen LogP contribution < -0.4 is 0 Å². The smallest absolute Gasteiger partial charge is 0.308 e. The van der Waals surface area contributed by atoms with Crippen molar-refractivity contribution in [2.45, 2.75) is 6.92 Å². The molecule has 0 radical (unpaired) electrons. The molecule has 0 unspecified atom stereocenters. The van der Waals surface area contributed by atoms with Crippen LogP contribution in [0.15, 0.2) is 18.7 Å². The molecule has 0 bridgehead atoms. The van der Waals surface area contributed by atoms with E-state index in [0.29, 0.717) is 10.6 Å². The summed E-state index contributed by atoms with van der Waals surface area (Å²) in [7, 11) is 0. The standard InChI is InChI=1S/C10H7Cl3O2/c1-5(15-6(2)14)7-3-4-8(11)10(13)9(7)12/h3-4H,1H2,2H3. The number of carbonyl (C=O) groups excluding carboxylic acids is 1. The second-order valence-corrected chi connectivity index (χ2v) is 3.90. The van der Waals surface area contributed by atoms with Crippen LogP contribution in [0.2, 0.25) is 15.1 Å². The summed E-state index contributed by atoms with van der Waals surface area (Å²) in [6.45, 7) is 4.84. The average molecular weight is 266 g/mol. The van der Waals surface area contributed by atoms with Gasteiger partial charge in [-0.3, -0.25) is 4.79 Å². The van der Waals surface area contributed by atoms with Gasteiger partial charge in [-0.05, 0) is 12.1 Å². The maximum Gasteiger partial charge on any atom is 0.308 e. The lowest BCUT2D eigenvalue weighted by Gasteiger charge is -2.09. The molecule has 0 aliphatic rings. The number of esters is 1. The molecule has 0 heterocycles. The molecule has 2 nitrogen and oxygen atoms in total. The minimum Gasteiger partial charge on any atom is -0.427 e. The second-order valence-electron chi connectivity index (χ2n) is 2.74. The fraction of sp³-hybridized carbons (Fsp3) is 0.100. The first-order valence-corrected chi connectivity index (χ1v) is 5.08. The fourth-order valence-electron chi connectivity index (χ4n) is 0.970. The van der Waals surface area contributed by atoms with Gasteiger partial charge in [0, 0.05) is 12.5 Å². The van der Waals surface area contributed by atoms with Gasteiger partial charge < -0.3 is 4.74 Å². The third kappa shape index (κ3) is 2.88. The van der Waals surface area contributed by atoms with Crippen LogP contribution in [0, 0.1) is 0 Å². The van der Waals surface area contributed by atoms with Gasteiger partial charge in [-0.2, -0.15) is 0 Å². The monoisotopic (exact) mass is 264 g/mol. The van der Waals surface area contributed by atoms with Crippen LogP contribution in [0.4, 0.5) is 0 Å². The van der Waals surface area contributed by atoms with Gasteiger partial charge in [-0.1, -0.05) is 41.4 Å². The molecule has 1 aromatic rings. The lowest BCUT2D eigenvalue weighted by atomic mass is 10.2. The predicted molar refractivity (Wildman–Crippen MR) is 62.3 cm³/mol. The Kier molecular flexibility index (Phi) is 4.03. The quantitative estimate of drug-likeness (QED) is 0.455. The van der Waals surface area contributed by atoms with Gasteiger partial charge in [0.05, 0.1) is 15.1 Å². The van der Waals surface area contributed by atoms with Crippen LogP contribution in [0.1, 0.15) is 12.5 Å². The van der Waals surface area contributed by atoms with Gasteiger partial charge in [-0.25, -0.2) is 0 Å². The molecule has 0 N–H and O–H groups in total. The van der Waals surface area contributed by atoms with E-state index in [9.17, 15) is 4.79 Å². The van der Waals surface area contributed by atoms with Crippen LogP contribution in [0.25, 0.3) is 5.76 Å². The topological polar surface area (TPSA) is 26.3 Å². The maximum atomic E-state index is 10.7. The van der Waals surface area contributed by atoms with Crippen molar-refractivity contribution in [2.75, 3.05) is 0 Å². The fourth-order valence-corrected chi connectivity index (χ4v) is 1.61. The molecular weight excluding hydrogens is 258 g/mol. The number of halogens is 3. The van der Waals surface area contributed by atoms with Crippen molar-refractivity contribution in [1.82, 2.24) is 0 Å². The zero-order chi connectivity index (χ0) is 11.6. The average Bonchev–Trinajstić information content (AvgIpc) is 2.13. The van der Waals surface area contributed by atoms with Crippen molar-refractivity contribution in [3.05, 3.63) is 39.3 Å². The molecule has 5 heteroatoms. The van der Waals surface area contributed by atoms with E-state index in [2.05, 4.69) is 6.58 Å². The molecular formula is C10H7Cl3O2. The highest BCUT2D eigenvalue weighted by Gasteiger charge is 2.13. The molecule has 0 saturated carbocycles. The molecule has 0 atom stereocenters. The number of carbonyl (C=O) groups is 1.